The maximum atomic E-state index is 13.2. The van der Waals surface area contributed by atoms with Gasteiger partial charge < -0.3 is 19.7 Å². The van der Waals surface area contributed by atoms with Gasteiger partial charge in [-0.05, 0) is 28.6 Å². The average molecular weight is 350 g/mol. The summed E-state index contributed by atoms with van der Waals surface area (Å²) in [6, 6.07) is 5.43. The summed E-state index contributed by atoms with van der Waals surface area (Å²) >= 11 is 0. The molecular formula is C15H19FN6O3. The number of hydrogen-bond acceptors (Lipinski definition) is 6. The molecule has 1 atom stereocenters. The van der Waals surface area contributed by atoms with Gasteiger partial charge >= 0.3 is 6.03 Å². The first kappa shape index (κ1) is 17.2. The van der Waals surface area contributed by atoms with Crippen molar-refractivity contribution in [3.05, 3.63) is 35.9 Å². The molecule has 134 valence electrons. The van der Waals surface area contributed by atoms with E-state index in [0.29, 0.717) is 44.4 Å². The predicted octanol–water partition coefficient (Wildman–Crippen LogP) is 1.06. The van der Waals surface area contributed by atoms with Crippen LogP contribution in [0, 0.1) is 5.82 Å². The molecule has 0 bridgehead atoms. The molecule has 0 spiro atoms. The number of aromatic nitrogens is 4. The van der Waals surface area contributed by atoms with E-state index in [-0.39, 0.29) is 6.03 Å². The number of halogens is 1. The zero-order chi connectivity index (χ0) is 17.6. The molecule has 2 heterocycles. The number of benzene rings is 1. The van der Waals surface area contributed by atoms with Crippen LogP contribution in [0.25, 0.3) is 0 Å². The van der Waals surface area contributed by atoms with E-state index in [9.17, 15) is 9.18 Å². The number of carbonyl (C=O) groups is 1. The van der Waals surface area contributed by atoms with Crippen molar-refractivity contribution in [2.45, 2.75) is 12.6 Å². The molecule has 1 aliphatic heterocycles. The maximum absolute atomic E-state index is 13.2. The number of anilines is 1. The Balaban J connectivity index is 1.64. The van der Waals surface area contributed by atoms with E-state index in [0.717, 1.165) is 0 Å². The van der Waals surface area contributed by atoms with Crippen molar-refractivity contribution in [3.8, 4) is 0 Å². The van der Waals surface area contributed by atoms with Crippen molar-refractivity contribution in [2.24, 2.45) is 0 Å². The van der Waals surface area contributed by atoms with Gasteiger partial charge in [-0.15, -0.1) is 5.10 Å². The van der Waals surface area contributed by atoms with Crippen LogP contribution in [-0.4, -0.2) is 64.6 Å². The molecule has 3 rings (SSSR count). The van der Waals surface area contributed by atoms with Crippen LogP contribution in [0.4, 0.5) is 14.9 Å². The molecular weight excluding hydrogens is 331 g/mol. The molecule has 1 fully saturated rings. The smallest absolute Gasteiger partial charge is 0.322 e. The van der Waals surface area contributed by atoms with Crippen LogP contribution in [0.1, 0.15) is 11.9 Å². The molecule has 2 amide bonds. The summed E-state index contributed by atoms with van der Waals surface area (Å²) in [6.45, 7) is 2.05. The lowest BCUT2D eigenvalue weighted by atomic mass is 10.2. The Morgan fingerprint density at radius 2 is 2.40 bits per heavy atom. The Hall–Kier alpha value is -2.59. The van der Waals surface area contributed by atoms with Gasteiger partial charge in [-0.3, -0.25) is 0 Å². The molecule has 1 unspecified atom stereocenters. The van der Waals surface area contributed by atoms with Crippen molar-refractivity contribution in [3.63, 3.8) is 0 Å². The standard InChI is InChI=1S/C15H19FN6O3/c1-24-7-6-22-14(18-19-20-22)13-10-21(5-8-25-13)15(23)17-12-4-2-3-11(16)9-12/h2-4,9,13H,5-8,10H2,1H3,(H,17,23). The molecule has 1 aliphatic rings. The first-order valence-corrected chi connectivity index (χ1v) is 7.85. The van der Waals surface area contributed by atoms with E-state index in [2.05, 4.69) is 20.8 Å². The molecule has 0 radical (unpaired) electrons. The Labute approximate surface area is 143 Å². The normalized spacial score (nSPS) is 17.5. The van der Waals surface area contributed by atoms with Crippen molar-refractivity contribution in [1.29, 1.82) is 0 Å². The highest BCUT2D eigenvalue weighted by atomic mass is 19.1. The number of rotatable bonds is 5. The minimum atomic E-state index is -0.432. The molecule has 1 saturated heterocycles. The highest BCUT2D eigenvalue weighted by Gasteiger charge is 2.29. The highest BCUT2D eigenvalue weighted by molar-refractivity contribution is 5.89. The van der Waals surface area contributed by atoms with Gasteiger partial charge in [0.2, 0.25) is 0 Å². The number of nitrogens with zero attached hydrogens (tertiary/aromatic N) is 5. The molecule has 10 heteroatoms. The third-order valence-electron chi connectivity index (χ3n) is 3.78. The summed E-state index contributed by atoms with van der Waals surface area (Å²) in [4.78, 5) is 14.0. The number of nitrogens with one attached hydrogen (secondary N) is 1. The maximum Gasteiger partial charge on any atom is 0.322 e. The van der Waals surface area contributed by atoms with E-state index < -0.39 is 11.9 Å². The van der Waals surface area contributed by atoms with Gasteiger partial charge in [-0.2, -0.15) is 0 Å². The van der Waals surface area contributed by atoms with Crippen molar-refractivity contribution >= 4 is 11.7 Å². The predicted molar refractivity (Wildman–Crippen MR) is 85.4 cm³/mol. The van der Waals surface area contributed by atoms with Gasteiger partial charge in [0.25, 0.3) is 0 Å². The molecule has 9 nitrogen and oxygen atoms in total. The number of carbonyl (C=O) groups excluding carboxylic acids is 1. The second-order valence-electron chi connectivity index (χ2n) is 5.50. The molecule has 2 aromatic rings. The van der Waals surface area contributed by atoms with Gasteiger partial charge in [0.05, 0.1) is 26.3 Å². The summed E-state index contributed by atoms with van der Waals surface area (Å²) in [5, 5.41) is 14.3. The number of morpholine rings is 1. The van der Waals surface area contributed by atoms with Crippen molar-refractivity contribution < 1.29 is 18.7 Å². The van der Waals surface area contributed by atoms with Gasteiger partial charge in [-0.25, -0.2) is 13.9 Å². The second-order valence-corrected chi connectivity index (χ2v) is 5.50. The second kappa shape index (κ2) is 7.99. The fourth-order valence-corrected chi connectivity index (χ4v) is 2.54. The average Bonchev–Trinajstić information content (AvgIpc) is 3.08. The number of methoxy groups -OCH3 is 1. The SMILES string of the molecule is COCCn1nnnc1C1CN(C(=O)Nc2cccc(F)c2)CCO1. The fourth-order valence-electron chi connectivity index (χ4n) is 2.54. The quantitative estimate of drug-likeness (QED) is 0.867. The van der Waals surface area contributed by atoms with Crippen LogP contribution in [0.15, 0.2) is 24.3 Å². The minimum Gasteiger partial charge on any atom is -0.383 e. The van der Waals surface area contributed by atoms with E-state index in [1.165, 1.54) is 18.2 Å². The Morgan fingerprint density at radius 3 is 3.20 bits per heavy atom. The van der Waals surface area contributed by atoms with E-state index in [1.54, 1.807) is 22.8 Å². The number of hydrogen-bond donors (Lipinski definition) is 1. The van der Waals surface area contributed by atoms with Crippen LogP contribution in [0.2, 0.25) is 0 Å². The Bertz CT molecular complexity index is 725. The fraction of sp³-hybridized carbons (Fsp3) is 0.467. The zero-order valence-electron chi connectivity index (χ0n) is 13.8. The van der Waals surface area contributed by atoms with Gasteiger partial charge in [0.1, 0.15) is 11.9 Å². The molecule has 1 aromatic heterocycles. The summed E-state index contributed by atoms with van der Waals surface area (Å²) < 4.78 is 25.6. The summed E-state index contributed by atoms with van der Waals surface area (Å²) in [5.74, 6) is 0.135. The van der Waals surface area contributed by atoms with Crippen LogP contribution in [0.5, 0.6) is 0 Å². The van der Waals surface area contributed by atoms with Crippen molar-refractivity contribution in [1.82, 2.24) is 25.1 Å². The monoisotopic (exact) mass is 350 g/mol. The summed E-state index contributed by atoms with van der Waals surface area (Å²) in [5.41, 5.74) is 0.401. The van der Waals surface area contributed by atoms with Crippen LogP contribution in [-0.2, 0) is 16.0 Å². The number of amides is 2. The van der Waals surface area contributed by atoms with Gasteiger partial charge in [0.15, 0.2) is 5.82 Å². The first-order chi connectivity index (χ1) is 12.2. The van der Waals surface area contributed by atoms with Gasteiger partial charge in [0, 0.05) is 19.3 Å². The Morgan fingerprint density at radius 1 is 1.52 bits per heavy atom. The number of ether oxygens (including phenoxy) is 2. The summed E-state index contributed by atoms with van der Waals surface area (Å²) in [7, 11) is 1.60. The number of urea groups is 1. The Kier molecular flexibility index (Phi) is 5.51. The largest absolute Gasteiger partial charge is 0.383 e. The molecule has 1 N–H and O–H groups in total. The number of tetrazole rings is 1. The van der Waals surface area contributed by atoms with Gasteiger partial charge in [-0.1, -0.05) is 6.07 Å². The zero-order valence-corrected chi connectivity index (χ0v) is 13.8. The lowest BCUT2D eigenvalue weighted by molar-refractivity contribution is -0.0209. The van der Waals surface area contributed by atoms with E-state index in [1.807, 2.05) is 0 Å². The summed E-state index contributed by atoms with van der Waals surface area (Å²) in [6.07, 6.45) is -0.432. The van der Waals surface area contributed by atoms with Crippen LogP contribution < -0.4 is 5.32 Å². The van der Waals surface area contributed by atoms with E-state index >= 15 is 0 Å². The van der Waals surface area contributed by atoms with Crippen LogP contribution >= 0.6 is 0 Å². The molecule has 0 saturated carbocycles. The molecule has 25 heavy (non-hydrogen) atoms. The topological polar surface area (TPSA) is 94.4 Å². The van der Waals surface area contributed by atoms with E-state index in [4.69, 9.17) is 9.47 Å². The third-order valence-corrected chi connectivity index (χ3v) is 3.78. The van der Waals surface area contributed by atoms with Crippen molar-refractivity contribution in [2.75, 3.05) is 38.7 Å². The highest BCUT2D eigenvalue weighted by Crippen LogP contribution is 2.21. The third kappa shape index (κ3) is 4.28. The lowest BCUT2D eigenvalue weighted by Gasteiger charge is -2.32. The molecule has 0 aliphatic carbocycles. The lowest BCUT2D eigenvalue weighted by Crippen LogP contribution is -2.45. The first-order valence-electron chi connectivity index (χ1n) is 7.85. The van der Waals surface area contributed by atoms with Crippen LogP contribution in [0.3, 0.4) is 0 Å². The minimum absolute atomic E-state index is 0.300. The molecule has 1 aromatic carbocycles.